The van der Waals surface area contributed by atoms with Crippen molar-refractivity contribution in [3.05, 3.63) is 60.2 Å². The summed E-state index contributed by atoms with van der Waals surface area (Å²) in [6, 6.07) is 9.63. The van der Waals surface area contributed by atoms with Gasteiger partial charge in [0.25, 0.3) is 5.91 Å². The van der Waals surface area contributed by atoms with Crippen molar-refractivity contribution in [2.24, 2.45) is 0 Å². The number of alkyl halides is 3. The predicted octanol–water partition coefficient (Wildman–Crippen LogP) is 4.58. The fraction of sp³-hybridized carbons (Fsp3) is 0.227. The van der Waals surface area contributed by atoms with Gasteiger partial charge in [-0.1, -0.05) is 6.07 Å². The molecule has 1 aliphatic carbocycles. The van der Waals surface area contributed by atoms with Crippen LogP contribution in [0.25, 0.3) is 10.8 Å². The number of carbonyl (C=O) groups is 1. The van der Waals surface area contributed by atoms with E-state index in [0.717, 1.165) is 34.4 Å². The minimum atomic E-state index is -4.79. The maximum absolute atomic E-state index is 13.5. The molecule has 3 aromatic rings. The molecular weight excluding hydrogens is 439 g/mol. The van der Waals surface area contributed by atoms with Gasteiger partial charge in [0.05, 0.1) is 17.4 Å². The van der Waals surface area contributed by atoms with Crippen molar-refractivity contribution in [1.82, 2.24) is 9.97 Å². The second-order valence-electron chi connectivity index (χ2n) is 7.75. The third kappa shape index (κ3) is 2.85. The van der Waals surface area contributed by atoms with Gasteiger partial charge in [-0.15, -0.1) is 0 Å². The van der Waals surface area contributed by atoms with E-state index >= 15 is 0 Å². The first-order chi connectivity index (χ1) is 15.3. The molecule has 0 unspecified atom stereocenters. The van der Waals surface area contributed by atoms with E-state index in [1.165, 1.54) is 6.07 Å². The van der Waals surface area contributed by atoms with E-state index in [1.807, 2.05) is 24.3 Å². The van der Waals surface area contributed by atoms with Crippen LogP contribution in [-0.4, -0.2) is 26.5 Å². The first-order valence-electron chi connectivity index (χ1n) is 9.76. The number of nitriles is 1. The summed E-state index contributed by atoms with van der Waals surface area (Å²) in [5, 5.41) is 10.9. The lowest BCUT2D eigenvalue weighted by atomic mass is 9.75. The van der Waals surface area contributed by atoms with Crippen LogP contribution in [0.2, 0.25) is 0 Å². The van der Waals surface area contributed by atoms with E-state index in [4.69, 9.17) is 17.5 Å². The summed E-state index contributed by atoms with van der Waals surface area (Å²) in [6.07, 6.45) is 1.54. The number of benzene rings is 1. The number of pyridine rings is 2. The summed E-state index contributed by atoms with van der Waals surface area (Å²) in [6.45, 7) is 0. The Labute approximate surface area is 185 Å². The van der Waals surface area contributed by atoms with Crippen LogP contribution in [0.3, 0.4) is 0 Å². The van der Waals surface area contributed by atoms with Crippen molar-refractivity contribution in [2.75, 3.05) is 9.80 Å². The molecule has 10 heteroatoms. The monoisotopic (exact) mass is 453 g/mol. The van der Waals surface area contributed by atoms with Gasteiger partial charge < -0.3 is 4.90 Å². The van der Waals surface area contributed by atoms with Gasteiger partial charge in [0.1, 0.15) is 11.6 Å². The zero-order valence-electron chi connectivity index (χ0n) is 16.4. The standard InChI is InChI=1S/C22H14F3N5OS/c23-22(24,25)17-9-16(12-28-18(17)10-26)29-19(31)21(5-1-6-21)30(20(29)32)15-3-2-14-11-27-7-4-13(14)8-15/h2-4,7-9,11-12H,1,5-6H2. The molecule has 1 amide bonds. The number of fused-ring (bicyclic) bond motifs is 1. The number of rotatable bonds is 2. The predicted molar refractivity (Wildman–Crippen MR) is 115 cm³/mol. The minimum Gasteiger partial charge on any atom is -0.303 e. The van der Waals surface area contributed by atoms with Gasteiger partial charge in [-0.3, -0.25) is 14.7 Å². The van der Waals surface area contributed by atoms with Crippen molar-refractivity contribution in [3.8, 4) is 6.07 Å². The average molecular weight is 453 g/mol. The quantitative estimate of drug-likeness (QED) is 0.529. The van der Waals surface area contributed by atoms with Gasteiger partial charge in [-0.2, -0.15) is 18.4 Å². The van der Waals surface area contributed by atoms with Crippen LogP contribution in [0.1, 0.15) is 30.5 Å². The van der Waals surface area contributed by atoms with Gasteiger partial charge in [0.2, 0.25) is 0 Å². The molecule has 2 aliphatic rings. The highest BCUT2D eigenvalue weighted by Gasteiger charge is 2.59. The Bertz CT molecular complexity index is 1330. The highest BCUT2D eigenvalue weighted by molar-refractivity contribution is 7.81. The van der Waals surface area contributed by atoms with E-state index in [1.54, 1.807) is 17.3 Å². The molecule has 1 aromatic carbocycles. The highest BCUT2D eigenvalue weighted by Crippen LogP contribution is 2.48. The molecule has 0 N–H and O–H groups in total. The van der Waals surface area contributed by atoms with Crippen LogP contribution >= 0.6 is 12.2 Å². The first-order valence-corrected chi connectivity index (χ1v) is 10.2. The Morgan fingerprint density at radius 2 is 1.88 bits per heavy atom. The zero-order chi connectivity index (χ0) is 22.7. The second-order valence-corrected chi connectivity index (χ2v) is 8.12. The molecule has 6 nitrogen and oxygen atoms in total. The van der Waals surface area contributed by atoms with E-state index in [9.17, 15) is 18.0 Å². The summed E-state index contributed by atoms with van der Waals surface area (Å²) in [4.78, 5) is 24.1. The summed E-state index contributed by atoms with van der Waals surface area (Å²) in [5.74, 6) is -0.386. The molecule has 32 heavy (non-hydrogen) atoms. The molecule has 160 valence electrons. The van der Waals surface area contributed by atoms with E-state index < -0.39 is 23.0 Å². The van der Waals surface area contributed by atoms with Crippen molar-refractivity contribution in [1.29, 1.82) is 5.26 Å². The van der Waals surface area contributed by atoms with Crippen molar-refractivity contribution >= 4 is 45.4 Å². The number of hydrogen-bond acceptors (Lipinski definition) is 5. The number of thiocarbonyl (C=S) groups is 1. The van der Waals surface area contributed by atoms with E-state index in [-0.39, 0.29) is 16.7 Å². The molecule has 2 aromatic heterocycles. The molecule has 1 saturated heterocycles. The van der Waals surface area contributed by atoms with Crippen molar-refractivity contribution in [3.63, 3.8) is 0 Å². The number of hydrogen-bond donors (Lipinski definition) is 0. The molecule has 3 heterocycles. The van der Waals surface area contributed by atoms with Gasteiger partial charge in [-0.05, 0) is 61.1 Å². The topological polar surface area (TPSA) is 73.1 Å². The number of aromatic nitrogens is 2. The summed E-state index contributed by atoms with van der Waals surface area (Å²) in [5.41, 5.74) is -2.32. The molecule has 2 fully saturated rings. The lowest BCUT2D eigenvalue weighted by molar-refractivity contribution is -0.138. The molecule has 5 rings (SSSR count). The van der Waals surface area contributed by atoms with Crippen LogP contribution in [-0.2, 0) is 11.0 Å². The van der Waals surface area contributed by atoms with Gasteiger partial charge >= 0.3 is 6.18 Å². The Balaban J connectivity index is 1.63. The zero-order valence-corrected chi connectivity index (χ0v) is 17.2. The second kappa shape index (κ2) is 6.97. The normalized spacial score (nSPS) is 17.7. The molecule has 0 bridgehead atoms. The Morgan fingerprint density at radius 3 is 2.53 bits per heavy atom. The fourth-order valence-electron chi connectivity index (χ4n) is 4.30. The minimum absolute atomic E-state index is 0.0859. The van der Waals surface area contributed by atoms with Crippen molar-refractivity contribution in [2.45, 2.75) is 31.0 Å². The lowest BCUT2D eigenvalue weighted by Gasteiger charge is -2.43. The smallest absolute Gasteiger partial charge is 0.303 e. The van der Waals surface area contributed by atoms with Crippen molar-refractivity contribution < 1.29 is 18.0 Å². The lowest BCUT2D eigenvalue weighted by Crippen LogP contribution is -2.55. The van der Waals surface area contributed by atoms with E-state index in [0.29, 0.717) is 18.5 Å². The summed E-state index contributed by atoms with van der Waals surface area (Å²) < 4.78 is 40.4. The maximum atomic E-state index is 13.5. The van der Waals surface area contributed by atoms with Crippen LogP contribution in [0.4, 0.5) is 24.5 Å². The molecule has 0 atom stereocenters. The van der Waals surface area contributed by atoms with Crippen LogP contribution in [0, 0.1) is 11.3 Å². The fourth-order valence-corrected chi connectivity index (χ4v) is 4.77. The molecule has 1 aliphatic heterocycles. The third-order valence-corrected chi connectivity index (χ3v) is 6.38. The van der Waals surface area contributed by atoms with Gasteiger partial charge in [0.15, 0.2) is 10.8 Å². The number of anilines is 2. The number of halogens is 3. The Kier molecular flexibility index (Phi) is 4.43. The Hall–Kier alpha value is -3.58. The van der Waals surface area contributed by atoms with E-state index in [2.05, 4.69) is 9.97 Å². The van der Waals surface area contributed by atoms with Crippen LogP contribution in [0.15, 0.2) is 48.9 Å². The Morgan fingerprint density at radius 1 is 1.09 bits per heavy atom. The highest BCUT2D eigenvalue weighted by atomic mass is 32.1. The first kappa shape index (κ1) is 20.3. The summed E-state index contributed by atoms with van der Waals surface area (Å²) in [7, 11) is 0. The molecule has 1 spiro atoms. The van der Waals surface area contributed by atoms with Crippen LogP contribution < -0.4 is 9.80 Å². The summed E-state index contributed by atoms with van der Waals surface area (Å²) >= 11 is 5.62. The van der Waals surface area contributed by atoms with Gasteiger partial charge in [-0.25, -0.2) is 4.98 Å². The van der Waals surface area contributed by atoms with Crippen LogP contribution in [0.5, 0.6) is 0 Å². The number of nitrogens with zero attached hydrogens (tertiary/aromatic N) is 5. The molecular formula is C22H14F3N5OS. The molecule has 1 saturated carbocycles. The molecule has 0 radical (unpaired) electrons. The SMILES string of the molecule is N#Cc1ncc(N2C(=O)C3(CCC3)N(c3ccc4cnccc4c3)C2=S)cc1C(F)(F)F. The van der Waals surface area contributed by atoms with Gasteiger partial charge in [0, 0.05) is 23.5 Å². The third-order valence-electron chi connectivity index (χ3n) is 6.02. The maximum Gasteiger partial charge on any atom is 0.419 e. The average Bonchev–Trinajstić information content (AvgIpc) is 2.99. The number of amides is 1. The number of carbonyl (C=O) groups excluding carboxylic acids is 1. The largest absolute Gasteiger partial charge is 0.419 e.